The number of hydrogen-bond acceptors (Lipinski definition) is 3. The van der Waals surface area contributed by atoms with E-state index in [0.29, 0.717) is 5.25 Å². The standard InChI is InChI=1S/C14H24N2S/c1-11-6-5-7-13(10-11)14(12(2)15)17-9-8-16(3)4/h5-7,10,12,14H,8-9,15H2,1-4H3. The second kappa shape index (κ2) is 7.04. The van der Waals surface area contributed by atoms with Crippen LogP contribution in [0.5, 0.6) is 0 Å². The fourth-order valence-electron chi connectivity index (χ4n) is 1.76. The van der Waals surface area contributed by atoms with Gasteiger partial charge in [-0.25, -0.2) is 0 Å². The van der Waals surface area contributed by atoms with Crippen molar-refractivity contribution in [3.8, 4) is 0 Å². The van der Waals surface area contributed by atoms with Gasteiger partial charge in [0.25, 0.3) is 0 Å². The van der Waals surface area contributed by atoms with Gasteiger partial charge in [0.2, 0.25) is 0 Å². The first-order chi connectivity index (χ1) is 8.00. The molecule has 0 aliphatic carbocycles. The summed E-state index contributed by atoms with van der Waals surface area (Å²) >= 11 is 1.95. The Labute approximate surface area is 110 Å². The van der Waals surface area contributed by atoms with Crippen LogP contribution in [0.2, 0.25) is 0 Å². The van der Waals surface area contributed by atoms with E-state index in [4.69, 9.17) is 5.73 Å². The average Bonchev–Trinajstić information content (AvgIpc) is 2.23. The number of nitrogens with zero attached hydrogens (tertiary/aromatic N) is 1. The van der Waals surface area contributed by atoms with Crippen molar-refractivity contribution in [2.75, 3.05) is 26.4 Å². The highest BCUT2D eigenvalue weighted by Crippen LogP contribution is 2.31. The first-order valence-electron chi connectivity index (χ1n) is 6.09. The molecule has 0 bridgehead atoms. The van der Waals surface area contributed by atoms with Crippen molar-refractivity contribution in [1.29, 1.82) is 0 Å². The summed E-state index contributed by atoms with van der Waals surface area (Å²) < 4.78 is 0. The molecule has 2 atom stereocenters. The highest BCUT2D eigenvalue weighted by atomic mass is 32.2. The normalized spacial score (nSPS) is 14.9. The van der Waals surface area contributed by atoms with Gasteiger partial charge in [-0.2, -0.15) is 11.8 Å². The molecule has 0 saturated heterocycles. The molecule has 0 radical (unpaired) electrons. The summed E-state index contributed by atoms with van der Waals surface area (Å²) in [5, 5.41) is 0.398. The van der Waals surface area contributed by atoms with Crippen LogP contribution in [-0.2, 0) is 0 Å². The van der Waals surface area contributed by atoms with Crippen LogP contribution >= 0.6 is 11.8 Å². The molecule has 0 amide bonds. The highest BCUT2D eigenvalue weighted by Gasteiger charge is 2.16. The number of nitrogens with two attached hydrogens (primary N) is 1. The lowest BCUT2D eigenvalue weighted by Crippen LogP contribution is -2.24. The van der Waals surface area contributed by atoms with Crippen molar-refractivity contribution in [3.63, 3.8) is 0 Å². The molecule has 3 heteroatoms. The maximum Gasteiger partial charge on any atom is 0.0446 e. The number of aryl methyl sites for hydroxylation is 1. The number of thioether (sulfide) groups is 1. The van der Waals surface area contributed by atoms with Gasteiger partial charge < -0.3 is 10.6 Å². The van der Waals surface area contributed by atoms with Gasteiger partial charge >= 0.3 is 0 Å². The molecule has 2 unspecified atom stereocenters. The Morgan fingerprint density at radius 1 is 1.35 bits per heavy atom. The minimum atomic E-state index is 0.184. The molecule has 1 aromatic carbocycles. The summed E-state index contributed by atoms with van der Waals surface area (Å²) in [6, 6.07) is 8.86. The van der Waals surface area contributed by atoms with Crippen molar-refractivity contribution in [2.24, 2.45) is 5.73 Å². The quantitative estimate of drug-likeness (QED) is 0.844. The van der Waals surface area contributed by atoms with E-state index >= 15 is 0 Å². The van der Waals surface area contributed by atoms with E-state index in [0.717, 1.165) is 12.3 Å². The van der Waals surface area contributed by atoms with Gasteiger partial charge in [-0.05, 0) is 33.5 Å². The largest absolute Gasteiger partial charge is 0.327 e. The van der Waals surface area contributed by atoms with Gasteiger partial charge in [0.15, 0.2) is 0 Å². The zero-order chi connectivity index (χ0) is 12.8. The lowest BCUT2D eigenvalue weighted by molar-refractivity contribution is 0.437. The van der Waals surface area contributed by atoms with Crippen molar-refractivity contribution < 1.29 is 0 Å². The van der Waals surface area contributed by atoms with E-state index in [9.17, 15) is 0 Å². The van der Waals surface area contributed by atoms with Crippen LogP contribution in [0.1, 0.15) is 23.3 Å². The van der Waals surface area contributed by atoms with E-state index in [-0.39, 0.29) is 6.04 Å². The molecule has 96 valence electrons. The number of benzene rings is 1. The van der Waals surface area contributed by atoms with Crippen LogP contribution in [0.3, 0.4) is 0 Å². The Kier molecular flexibility index (Phi) is 6.03. The zero-order valence-electron chi connectivity index (χ0n) is 11.3. The van der Waals surface area contributed by atoms with Crippen LogP contribution in [0.25, 0.3) is 0 Å². The average molecular weight is 252 g/mol. The van der Waals surface area contributed by atoms with E-state index in [1.807, 2.05) is 11.8 Å². The molecule has 0 spiro atoms. The summed E-state index contributed by atoms with van der Waals surface area (Å²) in [6.07, 6.45) is 0. The minimum Gasteiger partial charge on any atom is -0.327 e. The molecule has 0 aliphatic heterocycles. The predicted molar refractivity (Wildman–Crippen MR) is 78.6 cm³/mol. The van der Waals surface area contributed by atoms with E-state index in [2.05, 4.69) is 57.1 Å². The van der Waals surface area contributed by atoms with Crippen LogP contribution in [0.4, 0.5) is 0 Å². The molecule has 17 heavy (non-hydrogen) atoms. The van der Waals surface area contributed by atoms with E-state index < -0.39 is 0 Å². The van der Waals surface area contributed by atoms with Gasteiger partial charge in [-0.1, -0.05) is 29.8 Å². The molecule has 0 aliphatic rings. The third-order valence-electron chi connectivity index (χ3n) is 2.68. The van der Waals surface area contributed by atoms with Gasteiger partial charge in [0.1, 0.15) is 0 Å². The summed E-state index contributed by atoms with van der Waals surface area (Å²) in [4.78, 5) is 2.21. The van der Waals surface area contributed by atoms with Crippen molar-refractivity contribution in [2.45, 2.75) is 25.1 Å². The molecule has 0 saturated carbocycles. The second-order valence-electron chi connectivity index (χ2n) is 4.87. The number of hydrogen-bond donors (Lipinski definition) is 1. The van der Waals surface area contributed by atoms with Gasteiger partial charge in [-0.15, -0.1) is 0 Å². The summed E-state index contributed by atoms with van der Waals surface area (Å²) in [6.45, 7) is 5.32. The Morgan fingerprint density at radius 2 is 2.06 bits per heavy atom. The molecule has 0 heterocycles. The maximum atomic E-state index is 6.10. The SMILES string of the molecule is Cc1cccc(C(SCCN(C)C)C(C)N)c1. The zero-order valence-corrected chi connectivity index (χ0v) is 12.1. The van der Waals surface area contributed by atoms with Crippen molar-refractivity contribution in [3.05, 3.63) is 35.4 Å². The molecular weight excluding hydrogens is 228 g/mol. The van der Waals surface area contributed by atoms with Crippen LogP contribution in [0.15, 0.2) is 24.3 Å². The fourth-order valence-corrected chi connectivity index (χ4v) is 3.13. The third-order valence-corrected chi connectivity index (χ3v) is 4.16. The summed E-state index contributed by atoms with van der Waals surface area (Å²) in [5.41, 5.74) is 8.76. The minimum absolute atomic E-state index is 0.184. The smallest absolute Gasteiger partial charge is 0.0446 e. The molecule has 2 nitrogen and oxygen atoms in total. The topological polar surface area (TPSA) is 29.3 Å². The first kappa shape index (κ1) is 14.6. The number of rotatable bonds is 6. The van der Waals surface area contributed by atoms with Crippen LogP contribution in [0, 0.1) is 6.92 Å². The maximum absolute atomic E-state index is 6.10. The molecule has 0 fully saturated rings. The summed E-state index contributed by atoms with van der Waals surface area (Å²) in [5.74, 6) is 1.12. The monoisotopic (exact) mass is 252 g/mol. The highest BCUT2D eigenvalue weighted by molar-refractivity contribution is 7.99. The van der Waals surface area contributed by atoms with Crippen molar-refractivity contribution >= 4 is 11.8 Å². The Hall–Kier alpha value is -0.510. The Bertz CT molecular complexity index is 337. The molecule has 0 aromatic heterocycles. The Morgan fingerprint density at radius 3 is 2.59 bits per heavy atom. The molecule has 2 N–H and O–H groups in total. The van der Waals surface area contributed by atoms with Gasteiger partial charge in [-0.3, -0.25) is 0 Å². The van der Waals surface area contributed by atoms with E-state index in [1.165, 1.54) is 11.1 Å². The lowest BCUT2D eigenvalue weighted by Gasteiger charge is -2.22. The molecule has 1 rings (SSSR count). The summed E-state index contributed by atoms with van der Waals surface area (Å²) in [7, 11) is 4.21. The third kappa shape index (κ3) is 5.11. The van der Waals surface area contributed by atoms with Crippen molar-refractivity contribution in [1.82, 2.24) is 4.90 Å². The molecular formula is C14H24N2S. The predicted octanol–water partition coefficient (Wildman–Crippen LogP) is 2.68. The molecule has 1 aromatic rings. The van der Waals surface area contributed by atoms with E-state index in [1.54, 1.807) is 0 Å². The van der Waals surface area contributed by atoms with Crippen LogP contribution in [-0.4, -0.2) is 37.3 Å². The fraction of sp³-hybridized carbons (Fsp3) is 0.571. The van der Waals surface area contributed by atoms with Gasteiger partial charge in [0, 0.05) is 23.6 Å². The van der Waals surface area contributed by atoms with Crippen LogP contribution < -0.4 is 5.73 Å². The second-order valence-corrected chi connectivity index (χ2v) is 6.12. The lowest BCUT2D eigenvalue weighted by atomic mass is 10.0. The first-order valence-corrected chi connectivity index (χ1v) is 7.14. The van der Waals surface area contributed by atoms with Gasteiger partial charge in [0.05, 0.1) is 0 Å². The Balaban J connectivity index is 2.66.